The standard InChI is InChI=1S/C25H26ClF3N4O/c26-18-7-5-17(6-8-18)14-31-9-11-32(12-10-31)22-15-33(16-23(22)34)24-13-20(25(27,28)29)19-3-1-2-4-21(19)30-24/h1-8,13,22-23,34H,9-12,14-16H2/t22-,23-/m0/s1. The second-order valence-corrected chi connectivity index (χ2v) is 9.46. The number of pyridine rings is 1. The second-order valence-electron chi connectivity index (χ2n) is 9.02. The number of halogens is 4. The number of aliphatic hydroxyl groups excluding tert-OH is 1. The van der Waals surface area contributed by atoms with E-state index in [1.807, 2.05) is 24.3 Å². The van der Waals surface area contributed by atoms with Crippen molar-refractivity contribution in [3.63, 3.8) is 0 Å². The Hall–Kier alpha value is -2.39. The maximum Gasteiger partial charge on any atom is 0.417 e. The second kappa shape index (κ2) is 9.34. The molecule has 0 radical (unpaired) electrons. The van der Waals surface area contributed by atoms with Crippen LogP contribution in [0.3, 0.4) is 0 Å². The number of nitrogens with zero attached hydrogens (tertiary/aromatic N) is 4. The van der Waals surface area contributed by atoms with E-state index >= 15 is 0 Å². The number of para-hydroxylation sites is 1. The van der Waals surface area contributed by atoms with Crippen molar-refractivity contribution in [2.24, 2.45) is 0 Å². The Labute approximate surface area is 201 Å². The van der Waals surface area contributed by atoms with Gasteiger partial charge in [-0.25, -0.2) is 4.98 Å². The van der Waals surface area contributed by atoms with Gasteiger partial charge in [0.15, 0.2) is 0 Å². The molecule has 1 aromatic heterocycles. The SMILES string of the molecule is O[C@H]1CN(c2cc(C(F)(F)F)c3ccccc3n2)C[C@@H]1N1CCN(Cc2ccc(Cl)cc2)CC1. The van der Waals surface area contributed by atoms with Crippen molar-refractivity contribution in [1.82, 2.24) is 14.8 Å². The number of fused-ring (bicyclic) bond motifs is 1. The van der Waals surface area contributed by atoms with E-state index in [0.717, 1.165) is 43.8 Å². The molecular formula is C25H26ClF3N4O. The topological polar surface area (TPSA) is 42.8 Å². The van der Waals surface area contributed by atoms with Gasteiger partial charge in [0.2, 0.25) is 0 Å². The minimum atomic E-state index is -4.48. The first-order valence-corrected chi connectivity index (χ1v) is 11.8. The van der Waals surface area contributed by atoms with Crippen molar-refractivity contribution < 1.29 is 18.3 Å². The van der Waals surface area contributed by atoms with Crippen LogP contribution >= 0.6 is 11.6 Å². The predicted octanol–water partition coefficient (Wildman–Crippen LogP) is 4.27. The molecule has 3 heterocycles. The molecule has 2 atom stereocenters. The summed E-state index contributed by atoms with van der Waals surface area (Å²) < 4.78 is 41.2. The normalized spacial score (nSPS) is 22.6. The zero-order valence-electron chi connectivity index (χ0n) is 18.5. The van der Waals surface area contributed by atoms with Crippen LogP contribution < -0.4 is 4.90 Å². The highest BCUT2D eigenvalue weighted by Crippen LogP contribution is 2.37. The predicted molar refractivity (Wildman–Crippen MR) is 127 cm³/mol. The van der Waals surface area contributed by atoms with E-state index in [1.54, 1.807) is 23.1 Å². The van der Waals surface area contributed by atoms with Crippen molar-refractivity contribution in [3.8, 4) is 0 Å². The smallest absolute Gasteiger partial charge is 0.390 e. The van der Waals surface area contributed by atoms with Crippen LogP contribution in [0.2, 0.25) is 5.02 Å². The maximum absolute atomic E-state index is 13.7. The monoisotopic (exact) mass is 490 g/mol. The van der Waals surface area contributed by atoms with Gasteiger partial charge in [-0.05, 0) is 29.8 Å². The fourth-order valence-corrected chi connectivity index (χ4v) is 5.10. The third-order valence-corrected chi connectivity index (χ3v) is 7.04. The van der Waals surface area contributed by atoms with Gasteiger partial charge in [0.1, 0.15) is 5.82 Å². The molecule has 2 aliphatic heterocycles. The summed E-state index contributed by atoms with van der Waals surface area (Å²) in [5, 5.41) is 11.6. The van der Waals surface area contributed by atoms with E-state index in [-0.39, 0.29) is 23.8 Å². The van der Waals surface area contributed by atoms with E-state index < -0.39 is 17.8 Å². The largest absolute Gasteiger partial charge is 0.417 e. The number of piperazine rings is 1. The van der Waals surface area contributed by atoms with Gasteiger partial charge in [0.05, 0.1) is 23.2 Å². The van der Waals surface area contributed by atoms with Gasteiger partial charge in [-0.2, -0.15) is 13.2 Å². The summed E-state index contributed by atoms with van der Waals surface area (Å²) in [6.07, 6.45) is -5.12. The van der Waals surface area contributed by atoms with E-state index in [1.165, 1.54) is 11.6 Å². The highest BCUT2D eigenvalue weighted by atomic mass is 35.5. The molecule has 2 saturated heterocycles. The zero-order chi connectivity index (χ0) is 23.9. The van der Waals surface area contributed by atoms with Crippen LogP contribution in [0.25, 0.3) is 10.9 Å². The van der Waals surface area contributed by atoms with E-state index in [2.05, 4.69) is 14.8 Å². The molecule has 2 aromatic carbocycles. The number of hydrogen-bond acceptors (Lipinski definition) is 5. The number of β-amino-alcohol motifs (C(OH)–C–C–N with tert-alkyl or cyclic N) is 1. The van der Waals surface area contributed by atoms with Crippen LogP contribution in [0.15, 0.2) is 54.6 Å². The number of benzene rings is 2. The molecule has 180 valence electrons. The molecule has 34 heavy (non-hydrogen) atoms. The molecule has 3 aromatic rings. The Kier molecular flexibility index (Phi) is 6.41. The fourth-order valence-electron chi connectivity index (χ4n) is 4.97. The Morgan fingerprint density at radius 1 is 0.971 bits per heavy atom. The third-order valence-electron chi connectivity index (χ3n) is 6.79. The number of aliphatic hydroxyl groups is 1. The molecule has 2 fully saturated rings. The first-order valence-electron chi connectivity index (χ1n) is 11.4. The number of aromatic nitrogens is 1. The summed E-state index contributed by atoms with van der Waals surface area (Å²) in [5.41, 5.74) is 0.815. The summed E-state index contributed by atoms with van der Waals surface area (Å²) in [4.78, 5) is 10.9. The number of alkyl halides is 3. The highest BCUT2D eigenvalue weighted by Gasteiger charge is 2.39. The van der Waals surface area contributed by atoms with Gasteiger partial charge >= 0.3 is 6.18 Å². The van der Waals surface area contributed by atoms with Crippen LogP contribution in [0.5, 0.6) is 0 Å². The Morgan fingerprint density at radius 2 is 1.68 bits per heavy atom. The molecule has 0 spiro atoms. The van der Waals surface area contributed by atoms with Crippen LogP contribution in [0, 0.1) is 0 Å². The molecule has 9 heteroatoms. The van der Waals surface area contributed by atoms with Gasteiger partial charge in [-0.3, -0.25) is 9.80 Å². The number of rotatable bonds is 4. The quantitative estimate of drug-likeness (QED) is 0.591. The number of hydrogen-bond donors (Lipinski definition) is 1. The van der Waals surface area contributed by atoms with Gasteiger partial charge in [-0.15, -0.1) is 0 Å². The lowest BCUT2D eigenvalue weighted by molar-refractivity contribution is -0.136. The fraction of sp³-hybridized carbons (Fsp3) is 0.400. The van der Waals surface area contributed by atoms with Crippen LogP contribution in [-0.4, -0.2) is 71.3 Å². The first-order chi connectivity index (χ1) is 16.3. The highest BCUT2D eigenvalue weighted by molar-refractivity contribution is 6.30. The molecule has 2 aliphatic rings. The van der Waals surface area contributed by atoms with Gasteiger partial charge < -0.3 is 10.0 Å². The first kappa shape index (κ1) is 23.4. The van der Waals surface area contributed by atoms with Crippen molar-refractivity contribution in [3.05, 3.63) is 70.7 Å². The molecule has 0 unspecified atom stereocenters. The van der Waals surface area contributed by atoms with E-state index in [9.17, 15) is 18.3 Å². The molecule has 1 N–H and O–H groups in total. The van der Waals surface area contributed by atoms with Crippen molar-refractivity contribution in [2.75, 3.05) is 44.2 Å². The average molecular weight is 491 g/mol. The van der Waals surface area contributed by atoms with Gasteiger partial charge in [0, 0.05) is 56.2 Å². The molecule has 0 saturated carbocycles. The minimum absolute atomic E-state index is 0.0897. The van der Waals surface area contributed by atoms with E-state index in [4.69, 9.17) is 11.6 Å². The summed E-state index contributed by atoms with van der Waals surface area (Å²) >= 11 is 5.97. The van der Waals surface area contributed by atoms with Crippen molar-refractivity contribution in [1.29, 1.82) is 0 Å². The van der Waals surface area contributed by atoms with Crippen LogP contribution in [-0.2, 0) is 12.7 Å². The minimum Gasteiger partial charge on any atom is -0.390 e. The van der Waals surface area contributed by atoms with Gasteiger partial charge in [-0.1, -0.05) is 41.9 Å². The molecule has 0 amide bonds. The third kappa shape index (κ3) is 4.86. The lowest BCUT2D eigenvalue weighted by atomic mass is 10.1. The summed E-state index contributed by atoms with van der Waals surface area (Å²) in [5.74, 6) is 0.258. The summed E-state index contributed by atoms with van der Waals surface area (Å²) in [6, 6.07) is 15.1. The summed E-state index contributed by atoms with van der Waals surface area (Å²) in [6.45, 7) is 4.85. The van der Waals surface area contributed by atoms with Crippen LogP contribution in [0.4, 0.5) is 19.0 Å². The molecule has 0 bridgehead atoms. The lowest BCUT2D eigenvalue weighted by Crippen LogP contribution is -2.53. The maximum atomic E-state index is 13.7. The van der Waals surface area contributed by atoms with Crippen molar-refractivity contribution in [2.45, 2.75) is 24.9 Å². The molecular weight excluding hydrogens is 465 g/mol. The van der Waals surface area contributed by atoms with Crippen molar-refractivity contribution >= 4 is 28.3 Å². The van der Waals surface area contributed by atoms with Gasteiger partial charge in [0.25, 0.3) is 0 Å². The Morgan fingerprint density at radius 3 is 2.38 bits per heavy atom. The van der Waals surface area contributed by atoms with E-state index in [0.29, 0.717) is 12.1 Å². The average Bonchev–Trinajstić information content (AvgIpc) is 3.21. The Balaban J connectivity index is 1.27. The Bertz CT molecular complexity index is 1150. The lowest BCUT2D eigenvalue weighted by Gasteiger charge is -2.38. The number of anilines is 1. The molecule has 5 nitrogen and oxygen atoms in total. The van der Waals surface area contributed by atoms with Crippen LogP contribution in [0.1, 0.15) is 11.1 Å². The molecule has 5 rings (SSSR count). The summed E-state index contributed by atoms with van der Waals surface area (Å²) in [7, 11) is 0. The molecule has 0 aliphatic carbocycles. The zero-order valence-corrected chi connectivity index (χ0v) is 19.3.